The molecule has 1 N–H and O–H groups in total. The molecule has 0 bridgehead atoms. The molecule has 5 heteroatoms. The van der Waals surface area contributed by atoms with Crippen LogP contribution in [0, 0.1) is 11.6 Å². The second kappa shape index (κ2) is 6.20. The van der Waals surface area contributed by atoms with Gasteiger partial charge in [-0.05, 0) is 29.8 Å². The molecule has 1 unspecified atom stereocenters. The molecular weight excluding hydrogens is 286 g/mol. The summed E-state index contributed by atoms with van der Waals surface area (Å²) >= 11 is 5.89. The van der Waals surface area contributed by atoms with Gasteiger partial charge in [-0.15, -0.1) is 0 Å². The Morgan fingerprint density at radius 3 is 2.70 bits per heavy atom. The molecule has 0 aliphatic carbocycles. The Balaban J connectivity index is 2.30. The highest BCUT2D eigenvalue weighted by molar-refractivity contribution is 6.30. The molecule has 0 aliphatic rings. The number of rotatable bonds is 4. The van der Waals surface area contributed by atoms with Crippen molar-refractivity contribution in [3.05, 3.63) is 64.2 Å². The van der Waals surface area contributed by atoms with Crippen LogP contribution in [0.2, 0.25) is 5.02 Å². The molecule has 0 amide bonds. The molecule has 0 aliphatic heterocycles. The largest absolute Gasteiger partial charge is 0.496 e. The second-order valence-electron chi connectivity index (χ2n) is 4.32. The third kappa shape index (κ3) is 3.08. The Kier molecular flexibility index (Phi) is 4.57. The van der Waals surface area contributed by atoms with Gasteiger partial charge in [-0.2, -0.15) is 0 Å². The van der Waals surface area contributed by atoms with Gasteiger partial charge < -0.3 is 9.84 Å². The van der Waals surface area contributed by atoms with E-state index < -0.39 is 17.7 Å². The van der Waals surface area contributed by atoms with Crippen LogP contribution in [0.15, 0.2) is 36.4 Å². The lowest BCUT2D eigenvalue weighted by Gasteiger charge is -2.15. The molecule has 0 spiro atoms. The highest BCUT2D eigenvalue weighted by Crippen LogP contribution is 2.29. The quantitative estimate of drug-likeness (QED) is 0.927. The number of benzene rings is 2. The first-order valence-electron chi connectivity index (χ1n) is 5.97. The van der Waals surface area contributed by atoms with Crippen molar-refractivity contribution in [3.63, 3.8) is 0 Å². The molecule has 2 aromatic carbocycles. The van der Waals surface area contributed by atoms with Gasteiger partial charge in [0.15, 0.2) is 11.6 Å². The van der Waals surface area contributed by atoms with Gasteiger partial charge in [-0.1, -0.05) is 23.7 Å². The maximum Gasteiger partial charge on any atom is 0.164 e. The lowest BCUT2D eigenvalue weighted by atomic mass is 10.00. The zero-order chi connectivity index (χ0) is 14.7. The monoisotopic (exact) mass is 298 g/mol. The van der Waals surface area contributed by atoms with Gasteiger partial charge in [0, 0.05) is 17.0 Å². The maximum absolute atomic E-state index is 13.6. The summed E-state index contributed by atoms with van der Waals surface area (Å²) in [7, 11) is 1.49. The molecule has 0 saturated heterocycles. The summed E-state index contributed by atoms with van der Waals surface area (Å²) in [6.07, 6.45) is -1.11. The van der Waals surface area contributed by atoms with Crippen molar-refractivity contribution < 1.29 is 18.6 Å². The minimum atomic E-state index is -1.18. The van der Waals surface area contributed by atoms with E-state index in [0.29, 0.717) is 16.3 Å². The van der Waals surface area contributed by atoms with Crippen LogP contribution in [-0.2, 0) is 6.42 Å². The Hall–Kier alpha value is -1.65. The van der Waals surface area contributed by atoms with Crippen molar-refractivity contribution in [2.75, 3.05) is 7.11 Å². The maximum atomic E-state index is 13.6. The lowest BCUT2D eigenvalue weighted by Crippen LogP contribution is -2.06. The Morgan fingerprint density at radius 2 is 2.00 bits per heavy atom. The average molecular weight is 299 g/mol. The molecule has 0 fully saturated rings. The van der Waals surface area contributed by atoms with Crippen LogP contribution in [-0.4, -0.2) is 12.2 Å². The van der Waals surface area contributed by atoms with E-state index in [-0.39, 0.29) is 12.0 Å². The first kappa shape index (κ1) is 14.8. The van der Waals surface area contributed by atoms with Gasteiger partial charge in [-0.25, -0.2) is 8.78 Å². The highest BCUT2D eigenvalue weighted by atomic mass is 35.5. The molecule has 0 radical (unpaired) electrons. The standard InChI is InChI=1S/C15H13ClF2O2/c1-20-14-6-5-10(16)7-9(14)8-13(19)11-3-2-4-12(17)15(11)18/h2-7,13,19H,8H2,1H3. The Bertz CT molecular complexity index is 617. The Labute approximate surface area is 120 Å². The van der Waals surface area contributed by atoms with E-state index in [0.717, 1.165) is 6.07 Å². The molecule has 2 rings (SSSR count). The van der Waals surface area contributed by atoms with Crippen LogP contribution in [0.1, 0.15) is 17.2 Å². The normalized spacial score (nSPS) is 12.2. The fraction of sp³-hybridized carbons (Fsp3) is 0.200. The first-order chi connectivity index (χ1) is 9.52. The van der Waals surface area contributed by atoms with E-state index in [1.54, 1.807) is 18.2 Å². The summed E-state index contributed by atoms with van der Waals surface area (Å²) in [4.78, 5) is 0. The third-order valence-electron chi connectivity index (χ3n) is 3.00. The van der Waals surface area contributed by atoms with Gasteiger partial charge in [0.2, 0.25) is 0 Å². The molecule has 0 aromatic heterocycles. The smallest absolute Gasteiger partial charge is 0.164 e. The predicted molar refractivity (Wildman–Crippen MR) is 73.0 cm³/mol. The van der Waals surface area contributed by atoms with Crippen molar-refractivity contribution in [2.24, 2.45) is 0 Å². The van der Waals surface area contributed by atoms with E-state index in [9.17, 15) is 13.9 Å². The average Bonchev–Trinajstić information content (AvgIpc) is 2.42. The van der Waals surface area contributed by atoms with E-state index >= 15 is 0 Å². The summed E-state index contributed by atoms with van der Waals surface area (Å²) < 4.78 is 31.9. The molecule has 0 heterocycles. The van der Waals surface area contributed by atoms with Crippen LogP contribution < -0.4 is 4.74 Å². The van der Waals surface area contributed by atoms with Crippen molar-refractivity contribution in [1.82, 2.24) is 0 Å². The van der Waals surface area contributed by atoms with Crippen molar-refractivity contribution in [2.45, 2.75) is 12.5 Å². The van der Waals surface area contributed by atoms with Crippen LogP contribution >= 0.6 is 11.6 Å². The molecule has 106 valence electrons. The number of halogens is 3. The predicted octanol–water partition coefficient (Wildman–Crippen LogP) is 3.90. The number of aliphatic hydroxyl groups is 1. The topological polar surface area (TPSA) is 29.5 Å². The van der Waals surface area contributed by atoms with Gasteiger partial charge in [0.05, 0.1) is 13.2 Å². The first-order valence-corrected chi connectivity index (χ1v) is 6.35. The molecular formula is C15H13ClF2O2. The zero-order valence-electron chi connectivity index (χ0n) is 10.7. The van der Waals surface area contributed by atoms with Crippen LogP contribution in [0.3, 0.4) is 0 Å². The minimum absolute atomic E-state index is 0.0735. The van der Waals surface area contributed by atoms with E-state index in [4.69, 9.17) is 16.3 Å². The second-order valence-corrected chi connectivity index (χ2v) is 4.76. The van der Waals surface area contributed by atoms with Gasteiger partial charge in [0.25, 0.3) is 0 Å². The fourth-order valence-electron chi connectivity index (χ4n) is 2.00. The highest BCUT2D eigenvalue weighted by Gasteiger charge is 2.18. The minimum Gasteiger partial charge on any atom is -0.496 e. The Morgan fingerprint density at radius 1 is 1.25 bits per heavy atom. The van der Waals surface area contributed by atoms with Crippen LogP contribution in [0.5, 0.6) is 5.75 Å². The van der Waals surface area contributed by atoms with Crippen molar-refractivity contribution >= 4 is 11.6 Å². The van der Waals surface area contributed by atoms with Crippen molar-refractivity contribution in [3.8, 4) is 5.75 Å². The molecule has 2 nitrogen and oxygen atoms in total. The van der Waals surface area contributed by atoms with Gasteiger partial charge in [-0.3, -0.25) is 0 Å². The summed E-state index contributed by atoms with van der Waals surface area (Å²) in [6, 6.07) is 8.64. The summed E-state index contributed by atoms with van der Waals surface area (Å²) in [5.41, 5.74) is 0.531. The molecule has 0 saturated carbocycles. The van der Waals surface area contributed by atoms with E-state index in [2.05, 4.69) is 0 Å². The number of hydrogen-bond acceptors (Lipinski definition) is 2. The lowest BCUT2D eigenvalue weighted by molar-refractivity contribution is 0.171. The van der Waals surface area contributed by atoms with Crippen LogP contribution in [0.25, 0.3) is 0 Å². The number of hydrogen-bond donors (Lipinski definition) is 1. The molecule has 1 atom stereocenters. The van der Waals surface area contributed by atoms with E-state index in [1.807, 2.05) is 0 Å². The summed E-state index contributed by atoms with van der Waals surface area (Å²) in [5, 5.41) is 10.6. The van der Waals surface area contributed by atoms with Gasteiger partial charge >= 0.3 is 0 Å². The summed E-state index contributed by atoms with van der Waals surface area (Å²) in [6.45, 7) is 0. The molecule has 2 aromatic rings. The van der Waals surface area contributed by atoms with E-state index in [1.165, 1.54) is 19.2 Å². The molecule has 20 heavy (non-hydrogen) atoms. The van der Waals surface area contributed by atoms with Gasteiger partial charge in [0.1, 0.15) is 5.75 Å². The number of aliphatic hydroxyl groups excluding tert-OH is 1. The SMILES string of the molecule is COc1ccc(Cl)cc1CC(O)c1cccc(F)c1F. The third-order valence-corrected chi connectivity index (χ3v) is 3.23. The fourth-order valence-corrected chi connectivity index (χ4v) is 2.20. The summed E-state index contributed by atoms with van der Waals surface area (Å²) in [5.74, 6) is -1.49. The number of methoxy groups -OCH3 is 1. The van der Waals surface area contributed by atoms with Crippen LogP contribution in [0.4, 0.5) is 8.78 Å². The van der Waals surface area contributed by atoms with Crippen molar-refractivity contribution in [1.29, 1.82) is 0 Å². The number of ether oxygens (including phenoxy) is 1. The zero-order valence-corrected chi connectivity index (χ0v) is 11.5.